The highest BCUT2D eigenvalue weighted by atomic mass is 16.5. The molecule has 0 saturated carbocycles. The van der Waals surface area contributed by atoms with E-state index in [9.17, 15) is 9.90 Å². The molecule has 2 rings (SSSR count). The molecule has 0 fully saturated rings. The molecule has 0 heterocycles. The number of carboxylic acid groups (broad SMARTS) is 1. The van der Waals surface area contributed by atoms with E-state index in [1.165, 1.54) is 0 Å². The maximum atomic E-state index is 11.1. The van der Waals surface area contributed by atoms with Crippen LogP contribution in [0.5, 0.6) is 11.5 Å². The minimum atomic E-state index is -0.877. The molecule has 33 heavy (non-hydrogen) atoms. The minimum absolute atomic E-state index is 0.00854. The zero-order valence-electron chi connectivity index (χ0n) is 19.5. The van der Waals surface area contributed by atoms with Gasteiger partial charge >= 0.3 is 5.97 Å². The van der Waals surface area contributed by atoms with Crippen molar-refractivity contribution in [2.75, 3.05) is 14.2 Å². The largest absolute Gasteiger partial charge is 0.497 e. The second-order valence-corrected chi connectivity index (χ2v) is 7.80. The molecule has 7 nitrogen and oxygen atoms in total. The van der Waals surface area contributed by atoms with E-state index in [-0.39, 0.29) is 12.5 Å². The van der Waals surface area contributed by atoms with Crippen LogP contribution in [0.1, 0.15) is 37.3 Å². The van der Waals surface area contributed by atoms with Gasteiger partial charge in [-0.15, -0.1) is 0 Å². The highest BCUT2D eigenvalue weighted by molar-refractivity contribution is 5.66. The number of aliphatic hydroxyl groups is 1. The predicted molar refractivity (Wildman–Crippen MR) is 125 cm³/mol. The highest BCUT2D eigenvalue weighted by Gasteiger charge is 2.13. The van der Waals surface area contributed by atoms with Crippen LogP contribution >= 0.6 is 0 Å². The number of carboxylic acids is 1. The Balaban J connectivity index is 2.00. The number of ether oxygens (including phenoxy) is 4. The first-order chi connectivity index (χ1) is 15.9. The van der Waals surface area contributed by atoms with E-state index in [2.05, 4.69) is 0 Å². The fourth-order valence-electron chi connectivity index (χ4n) is 3.14. The lowest BCUT2D eigenvalue weighted by atomic mass is 10.1. The van der Waals surface area contributed by atoms with Gasteiger partial charge in [-0.3, -0.25) is 4.79 Å². The average molecular weight is 459 g/mol. The molecule has 0 bridgehead atoms. The molecule has 7 heteroatoms. The molecule has 2 aromatic carbocycles. The molecular weight excluding hydrogens is 424 g/mol. The quantitative estimate of drug-likeness (QED) is 0.383. The number of aliphatic carboxylic acids is 1. The molecule has 2 N–H and O–H groups in total. The number of methoxy groups -OCH3 is 2. The molecule has 0 radical (unpaired) electrons. The molecule has 0 saturated heterocycles. The number of hydrogen-bond acceptors (Lipinski definition) is 6. The third-order valence-electron chi connectivity index (χ3n) is 5.00. The predicted octanol–water partition coefficient (Wildman–Crippen LogP) is 4.37. The van der Waals surface area contributed by atoms with E-state index >= 15 is 0 Å². The molecule has 180 valence electrons. The summed E-state index contributed by atoms with van der Waals surface area (Å²) in [6, 6.07) is 15.1. The number of rotatable bonds is 15. The van der Waals surface area contributed by atoms with Crippen LogP contribution in [0, 0.1) is 0 Å². The Bertz CT molecular complexity index is 844. The van der Waals surface area contributed by atoms with Crippen LogP contribution in [0.4, 0.5) is 0 Å². The first kappa shape index (κ1) is 26.4. The summed E-state index contributed by atoms with van der Waals surface area (Å²) in [7, 11) is 3.23. The van der Waals surface area contributed by atoms with E-state index < -0.39 is 18.2 Å². The van der Waals surface area contributed by atoms with E-state index in [1.807, 2.05) is 60.7 Å². The van der Waals surface area contributed by atoms with Gasteiger partial charge in [0.2, 0.25) is 0 Å². The van der Waals surface area contributed by atoms with Crippen LogP contribution in [-0.4, -0.2) is 48.7 Å². The Morgan fingerprint density at radius 2 is 1.30 bits per heavy atom. The summed E-state index contributed by atoms with van der Waals surface area (Å²) in [5, 5.41) is 19.0. The maximum Gasteiger partial charge on any atom is 0.303 e. The summed E-state index contributed by atoms with van der Waals surface area (Å²) in [5.74, 6) is 0.656. The van der Waals surface area contributed by atoms with Crippen LogP contribution in [0.25, 0.3) is 0 Å². The number of carbonyl (C=O) groups is 1. The SMILES string of the molecule is COc1ccc(CO[C@H](/C=C/[C@H](C[C@@H](C)O)OCc2ccc(OC)cc2)CCC(=O)O)cc1. The van der Waals surface area contributed by atoms with Gasteiger partial charge in [-0.1, -0.05) is 36.4 Å². The van der Waals surface area contributed by atoms with Crippen LogP contribution in [0.15, 0.2) is 60.7 Å². The molecule has 0 aliphatic heterocycles. The third kappa shape index (κ3) is 10.5. The first-order valence-electron chi connectivity index (χ1n) is 11.0. The first-order valence-corrected chi connectivity index (χ1v) is 11.0. The molecule has 0 aliphatic carbocycles. The van der Waals surface area contributed by atoms with Gasteiger partial charge in [-0.25, -0.2) is 0 Å². The monoisotopic (exact) mass is 458 g/mol. The zero-order chi connectivity index (χ0) is 24.1. The summed E-state index contributed by atoms with van der Waals surface area (Å²) in [6.45, 7) is 2.42. The average Bonchev–Trinajstić information content (AvgIpc) is 2.82. The smallest absolute Gasteiger partial charge is 0.303 e. The molecule has 0 unspecified atom stereocenters. The molecule has 0 amide bonds. The summed E-state index contributed by atoms with van der Waals surface area (Å²) in [4.78, 5) is 11.1. The van der Waals surface area contributed by atoms with Crippen molar-refractivity contribution in [1.82, 2.24) is 0 Å². The number of hydrogen-bond donors (Lipinski definition) is 2. The molecular formula is C26H34O7. The normalized spacial score (nSPS) is 14.1. The standard InChI is InChI=1S/C26H34O7/c1-19(27)16-25(33-18-21-6-10-23(31-3)11-7-21)13-12-24(14-15-26(28)29)32-17-20-4-8-22(30-2)9-5-20/h4-13,19,24-25,27H,14-18H2,1-3H3,(H,28,29)/b13-12+/t19-,24-,25-/m1/s1. The van der Waals surface area contributed by atoms with Crippen LogP contribution in [0.3, 0.4) is 0 Å². The highest BCUT2D eigenvalue weighted by Crippen LogP contribution is 2.17. The van der Waals surface area contributed by atoms with Crippen molar-refractivity contribution in [2.45, 2.75) is 57.7 Å². The van der Waals surface area contributed by atoms with E-state index in [1.54, 1.807) is 21.1 Å². The van der Waals surface area contributed by atoms with Gasteiger partial charge < -0.3 is 29.2 Å². The summed E-state index contributed by atoms with van der Waals surface area (Å²) < 4.78 is 22.3. The lowest BCUT2D eigenvalue weighted by Gasteiger charge is -2.18. The second kappa shape index (κ2) is 14.3. The Morgan fingerprint density at radius 3 is 1.73 bits per heavy atom. The molecule has 2 aromatic rings. The number of benzene rings is 2. The van der Waals surface area contributed by atoms with E-state index in [4.69, 9.17) is 24.1 Å². The number of aliphatic hydroxyl groups excluding tert-OH is 1. The van der Waals surface area contributed by atoms with Gasteiger partial charge in [0.05, 0.1) is 45.7 Å². The molecule has 3 atom stereocenters. The Kier molecular flexibility index (Phi) is 11.4. The van der Waals surface area contributed by atoms with Gasteiger partial charge in [-0.2, -0.15) is 0 Å². The Hall–Kier alpha value is -2.87. The maximum absolute atomic E-state index is 11.1. The van der Waals surface area contributed by atoms with Crippen LogP contribution in [0.2, 0.25) is 0 Å². The van der Waals surface area contributed by atoms with E-state index in [0.29, 0.717) is 26.1 Å². The Labute approximate surface area is 195 Å². The van der Waals surface area contributed by atoms with E-state index in [0.717, 1.165) is 22.6 Å². The fourth-order valence-corrected chi connectivity index (χ4v) is 3.14. The Morgan fingerprint density at radius 1 is 0.848 bits per heavy atom. The van der Waals surface area contributed by atoms with Gasteiger partial charge in [0.1, 0.15) is 11.5 Å². The van der Waals surface area contributed by atoms with Gasteiger partial charge in [0.15, 0.2) is 0 Å². The van der Waals surface area contributed by atoms with Crippen molar-refractivity contribution >= 4 is 5.97 Å². The van der Waals surface area contributed by atoms with Crippen LogP contribution < -0.4 is 9.47 Å². The van der Waals surface area contributed by atoms with Gasteiger partial charge in [0.25, 0.3) is 0 Å². The summed E-state index contributed by atoms with van der Waals surface area (Å²) >= 11 is 0. The molecule has 0 aliphatic rings. The van der Waals surface area contributed by atoms with Crippen molar-refractivity contribution < 1.29 is 34.0 Å². The van der Waals surface area contributed by atoms with Crippen LogP contribution in [-0.2, 0) is 27.5 Å². The second-order valence-electron chi connectivity index (χ2n) is 7.80. The molecule has 0 aromatic heterocycles. The third-order valence-corrected chi connectivity index (χ3v) is 5.00. The van der Waals surface area contributed by atoms with Crippen molar-refractivity contribution in [2.24, 2.45) is 0 Å². The zero-order valence-corrected chi connectivity index (χ0v) is 19.5. The van der Waals surface area contributed by atoms with Crippen molar-refractivity contribution in [1.29, 1.82) is 0 Å². The van der Waals surface area contributed by atoms with Crippen molar-refractivity contribution in [3.8, 4) is 11.5 Å². The van der Waals surface area contributed by atoms with Crippen molar-refractivity contribution in [3.63, 3.8) is 0 Å². The summed E-state index contributed by atoms with van der Waals surface area (Å²) in [5.41, 5.74) is 1.94. The van der Waals surface area contributed by atoms with Gasteiger partial charge in [-0.05, 0) is 48.7 Å². The minimum Gasteiger partial charge on any atom is -0.497 e. The van der Waals surface area contributed by atoms with Crippen molar-refractivity contribution in [3.05, 3.63) is 71.8 Å². The summed E-state index contributed by atoms with van der Waals surface area (Å²) in [6.07, 6.45) is 3.12. The fraction of sp³-hybridized carbons (Fsp3) is 0.423. The lowest BCUT2D eigenvalue weighted by Crippen LogP contribution is -2.19. The topological polar surface area (TPSA) is 94.5 Å². The lowest BCUT2D eigenvalue weighted by molar-refractivity contribution is -0.137. The van der Waals surface area contributed by atoms with Gasteiger partial charge in [0, 0.05) is 12.8 Å². The molecule has 0 spiro atoms.